The van der Waals surface area contributed by atoms with E-state index in [0.29, 0.717) is 13.2 Å². The van der Waals surface area contributed by atoms with E-state index >= 15 is 0 Å². The molecule has 1 heterocycles. The van der Waals surface area contributed by atoms with Crippen molar-refractivity contribution in [3.05, 3.63) is 87.7 Å². The Morgan fingerprint density at radius 1 is 1.03 bits per heavy atom. The highest BCUT2D eigenvalue weighted by atomic mass is 79.9. The van der Waals surface area contributed by atoms with Gasteiger partial charge in [0.25, 0.3) is 0 Å². The van der Waals surface area contributed by atoms with Crippen LogP contribution in [-0.4, -0.2) is 23.1 Å². The minimum atomic E-state index is 0.500. The van der Waals surface area contributed by atoms with Crippen LogP contribution in [0.2, 0.25) is 0 Å². The lowest BCUT2D eigenvalue weighted by molar-refractivity contribution is 0.267. The number of aryl methyl sites for hydroxylation is 1. The molecule has 0 bridgehead atoms. The van der Waals surface area contributed by atoms with Gasteiger partial charge in [0.15, 0.2) is 11.5 Å². The molecule has 4 rings (SSSR count). The fraction of sp³-hybridized carbons (Fsp3) is 0.269. The lowest BCUT2D eigenvalue weighted by atomic mass is 10.1. The van der Waals surface area contributed by atoms with Crippen LogP contribution in [0.3, 0.4) is 0 Å². The number of hydrogen-bond acceptors (Lipinski definition) is 4. The first-order valence-corrected chi connectivity index (χ1v) is 11.7. The summed E-state index contributed by atoms with van der Waals surface area (Å²) in [5.41, 5.74) is 5.60. The molecule has 0 radical (unpaired) electrons. The van der Waals surface area contributed by atoms with E-state index in [2.05, 4.69) is 68.5 Å². The van der Waals surface area contributed by atoms with Crippen LogP contribution in [0.25, 0.3) is 11.0 Å². The van der Waals surface area contributed by atoms with Crippen LogP contribution in [0.4, 0.5) is 0 Å². The van der Waals surface area contributed by atoms with Crippen LogP contribution >= 0.6 is 15.9 Å². The molecule has 6 heteroatoms. The highest BCUT2D eigenvalue weighted by Crippen LogP contribution is 2.37. The fourth-order valence-electron chi connectivity index (χ4n) is 3.61. The van der Waals surface area contributed by atoms with Crippen molar-refractivity contribution in [3.8, 4) is 11.5 Å². The number of H-pyrrole nitrogens is 1. The Hall–Kier alpha value is -2.83. The molecule has 0 fully saturated rings. The molecule has 0 unspecified atom stereocenters. The number of hydrogen-bond donors (Lipinski definition) is 2. The van der Waals surface area contributed by atoms with E-state index in [-0.39, 0.29) is 0 Å². The number of aromatic amines is 1. The van der Waals surface area contributed by atoms with Crippen molar-refractivity contribution in [1.82, 2.24) is 15.3 Å². The Bertz CT molecular complexity index is 1160. The SMILES string of the molecule is CCOc1cc(CNCCc2nc3ccccc3[nH]2)cc(Br)c1OCc1ccccc1C. The van der Waals surface area contributed by atoms with E-state index in [0.717, 1.165) is 63.5 Å². The molecule has 0 atom stereocenters. The summed E-state index contributed by atoms with van der Waals surface area (Å²) in [6, 6.07) is 20.5. The van der Waals surface area contributed by atoms with Crippen LogP contribution in [0.15, 0.2) is 65.1 Å². The van der Waals surface area contributed by atoms with Crippen molar-refractivity contribution in [2.75, 3.05) is 13.2 Å². The maximum atomic E-state index is 6.15. The molecule has 0 aliphatic carbocycles. The number of nitrogens with zero attached hydrogens (tertiary/aromatic N) is 1. The van der Waals surface area contributed by atoms with Gasteiger partial charge in [0, 0.05) is 19.5 Å². The topological polar surface area (TPSA) is 59.2 Å². The van der Waals surface area contributed by atoms with Gasteiger partial charge in [-0.15, -0.1) is 0 Å². The zero-order valence-electron chi connectivity index (χ0n) is 18.5. The Balaban J connectivity index is 1.37. The first-order valence-electron chi connectivity index (χ1n) is 10.9. The van der Waals surface area contributed by atoms with Gasteiger partial charge in [0.1, 0.15) is 12.4 Å². The fourth-order valence-corrected chi connectivity index (χ4v) is 4.22. The quantitative estimate of drug-likeness (QED) is 0.268. The monoisotopic (exact) mass is 493 g/mol. The first-order chi connectivity index (χ1) is 15.6. The summed E-state index contributed by atoms with van der Waals surface area (Å²) < 4.78 is 12.9. The summed E-state index contributed by atoms with van der Waals surface area (Å²) >= 11 is 3.68. The van der Waals surface area contributed by atoms with E-state index in [1.807, 2.05) is 37.3 Å². The Morgan fingerprint density at radius 3 is 2.66 bits per heavy atom. The maximum absolute atomic E-state index is 6.15. The van der Waals surface area contributed by atoms with Gasteiger partial charge in [-0.3, -0.25) is 0 Å². The molecule has 0 spiro atoms. The minimum Gasteiger partial charge on any atom is -0.490 e. The van der Waals surface area contributed by atoms with Crippen molar-refractivity contribution in [2.24, 2.45) is 0 Å². The lowest BCUT2D eigenvalue weighted by Crippen LogP contribution is -2.17. The van der Waals surface area contributed by atoms with E-state index in [9.17, 15) is 0 Å². The predicted molar refractivity (Wildman–Crippen MR) is 132 cm³/mol. The van der Waals surface area contributed by atoms with Gasteiger partial charge < -0.3 is 19.8 Å². The summed E-state index contributed by atoms with van der Waals surface area (Å²) in [6.07, 6.45) is 0.839. The predicted octanol–water partition coefficient (Wildman–Crippen LogP) is 5.94. The number of nitrogens with one attached hydrogen (secondary N) is 2. The van der Waals surface area contributed by atoms with Gasteiger partial charge in [0.2, 0.25) is 0 Å². The minimum absolute atomic E-state index is 0.500. The van der Waals surface area contributed by atoms with Crippen molar-refractivity contribution in [3.63, 3.8) is 0 Å². The largest absolute Gasteiger partial charge is 0.490 e. The normalized spacial score (nSPS) is 11.1. The molecule has 5 nitrogen and oxygen atoms in total. The zero-order valence-corrected chi connectivity index (χ0v) is 20.0. The van der Waals surface area contributed by atoms with Gasteiger partial charge in [-0.1, -0.05) is 36.4 Å². The van der Waals surface area contributed by atoms with Gasteiger partial charge in [-0.2, -0.15) is 0 Å². The van der Waals surface area contributed by atoms with Crippen LogP contribution in [-0.2, 0) is 19.6 Å². The Labute approximate surface area is 197 Å². The maximum Gasteiger partial charge on any atom is 0.175 e. The average Bonchev–Trinajstić information content (AvgIpc) is 3.20. The second-order valence-corrected chi connectivity index (χ2v) is 8.53. The molecular formula is C26H28BrN3O2. The van der Waals surface area contributed by atoms with Crippen LogP contribution in [0.5, 0.6) is 11.5 Å². The van der Waals surface area contributed by atoms with Crippen LogP contribution in [0.1, 0.15) is 29.4 Å². The van der Waals surface area contributed by atoms with Gasteiger partial charge in [0.05, 0.1) is 22.1 Å². The summed E-state index contributed by atoms with van der Waals surface area (Å²) in [5.74, 6) is 2.49. The Morgan fingerprint density at radius 2 is 1.84 bits per heavy atom. The average molecular weight is 494 g/mol. The van der Waals surface area contributed by atoms with Crippen LogP contribution in [0, 0.1) is 6.92 Å². The summed E-state index contributed by atoms with van der Waals surface area (Å²) in [4.78, 5) is 8.01. The van der Waals surface area contributed by atoms with E-state index in [4.69, 9.17) is 9.47 Å². The van der Waals surface area contributed by atoms with Crippen LogP contribution < -0.4 is 14.8 Å². The molecule has 1 aromatic heterocycles. The van der Waals surface area contributed by atoms with E-state index in [1.165, 1.54) is 5.56 Å². The summed E-state index contributed by atoms with van der Waals surface area (Å²) in [5, 5.41) is 3.50. The van der Waals surface area contributed by atoms with Gasteiger partial charge >= 0.3 is 0 Å². The molecule has 0 amide bonds. The van der Waals surface area contributed by atoms with Gasteiger partial charge in [-0.05, 0) is 70.7 Å². The van der Waals surface area contributed by atoms with Crippen molar-refractivity contribution >= 4 is 27.0 Å². The number of benzene rings is 3. The summed E-state index contributed by atoms with van der Waals surface area (Å²) in [6.45, 7) is 6.72. The standard InChI is InChI=1S/C26H28BrN3O2/c1-3-31-24-15-19(14-21(27)26(24)32-17-20-9-5-4-8-18(20)2)16-28-13-12-25-29-22-10-6-7-11-23(22)30-25/h4-11,14-15,28H,3,12-13,16-17H2,1-2H3,(H,29,30). The molecule has 4 aromatic rings. The van der Waals surface area contributed by atoms with Crippen molar-refractivity contribution in [2.45, 2.75) is 33.4 Å². The zero-order chi connectivity index (χ0) is 22.3. The number of para-hydroxylation sites is 2. The highest BCUT2D eigenvalue weighted by Gasteiger charge is 2.13. The second-order valence-electron chi connectivity index (χ2n) is 7.68. The smallest absolute Gasteiger partial charge is 0.175 e. The first kappa shape index (κ1) is 22.4. The Kier molecular flexibility index (Phi) is 7.45. The molecule has 0 saturated heterocycles. The number of fused-ring (bicyclic) bond motifs is 1. The molecule has 32 heavy (non-hydrogen) atoms. The van der Waals surface area contributed by atoms with E-state index in [1.54, 1.807) is 0 Å². The number of halogens is 1. The highest BCUT2D eigenvalue weighted by molar-refractivity contribution is 9.10. The number of imidazole rings is 1. The third-order valence-corrected chi connectivity index (χ3v) is 5.90. The lowest BCUT2D eigenvalue weighted by Gasteiger charge is -2.16. The van der Waals surface area contributed by atoms with E-state index < -0.39 is 0 Å². The molecule has 0 aliphatic rings. The molecule has 3 aromatic carbocycles. The third-order valence-electron chi connectivity index (χ3n) is 5.31. The third kappa shape index (κ3) is 5.50. The number of ether oxygens (including phenoxy) is 2. The van der Waals surface area contributed by atoms with Crippen molar-refractivity contribution in [1.29, 1.82) is 0 Å². The summed E-state index contributed by atoms with van der Waals surface area (Å²) in [7, 11) is 0. The second kappa shape index (κ2) is 10.7. The number of rotatable bonds is 10. The number of aromatic nitrogens is 2. The van der Waals surface area contributed by atoms with Gasteiger partial charge in [-0.25, -0.2) is 4.98 Å². The molecule has 0 aliphatic heterocycles. The molecular weight excluding hydrogens is 466 g/mol. The van der Waals surface area contributed by atoms with Crippen molar-refractivity contribution < 1.29 is 9.47 Å². The molecule has 2 N–H and O–H groups in total. The molecule has 0 saturated carbocycles. The molecule has 166 valence electrons.